The molecule has 0 saturated heterocycles. The molecule has 166 valence electrons. The molecule has 3 aromatic rings. The van der Waals surface area contributed by atoms with Crippen LogP contribution < -0.4 is 10.5 Å². The summed E-state index contributed by atoms with van der Waals surface area (Å²) in [5.41, 5.74) is 5.28. The zero-order valence-corrected chi connectivity index (χ0v) is 17.6. The van der Waals surface area contributed by atoms with Crippen LogP contribution in [0, 0.1) is 0 Å². The number of aliphatic hydroxyl groups excluding tert-OH is 2. The number of benzene rings is 1. The standard InChI is InChI=1S/C20H23ClN4O6/c1-12(19-23-5-2-6-24-19)30-17-8-16-13(7-14(17)21)15(25-31-16)3-4-18(28)29-11-20(22,9-26)10-27/h2,5-8,12,26-27H,3-4,9-11,22H2,1H3. The van der Waals surface area contributed by atoms with Gasteiger partial charge in [-0.2, -0.15) is 0 Å². The van der Waals surface area contributed by atoms with Crippen LogP contribution in [0.1, 0.15) is 31.0 Å². The fourth-order valence-corrected chi connectivity index (χ4v) is 2.89. The van der Waals surface area contributed by atoms with Crippen LogP contribution in [0.4, 0.5) is 0 Å². The molecule has 2 aromatic heterocycles. The van der Waals surface area contributed by atoms with Gasteiger partial charge in [0, 0.05) is 30.3 Å². The number of hydrogen-bond acceptors (Lipinski definition) is 10. The van der Waals surface area contributed by atoms with E-state index in [1.165, 1.54) is 0 Å². The normalized spacial score (nSPS) is 12.7. The molecular weight excluding hydrogens is 428 g/mol. The van der Waals surface area contributed by atoms with E-state index in [9.17, 15) is 4.79 Å². The van der Waals surface area contributed by atoms with E-state index in [2.05, 4.69) is 15.1 Å². The van der Waals surface area contributed by atoms with E-state index in [1.807, 2.05) is 0 Å². The molecule has 0 bridgehead atoms. The van der Waals surface area contributed by atoms with E-state index in [0.717, 1.165) is 0 Å². The quantitative estimate of drug-likeness (QED) is 0.387. The van der Waals surface area contributed by atoms with E-state index in [-0.39, 0.29) is 19.4 Å². The zero-order chi connectivity index (χ0) is 22.4. The first-order valence-electron chi connectivity index (χ1n) is 9.53. The van der Waals surface area contributed by atoms with Gasteiger partial charge < -0.3 is 29.9 Å². The molecule has 1 atom stereocenters. The maximum absolute atomic E-state index is 12.0. The van der Waals surface area contributed by atoms with Crippen molar-refractivity contribution in [3.05, 3.63) is 47.1 Å². The van der Waals surface area contributed by atoms with E-state index in [0.29, 0.717) is 33.3 Å². The third kappa shape index (κ3) is 5.67. The van der Waals surface area contributed by atoms with Gasteiger partial charge in [0.25, 0.3) is 0 Å². The molecule has 31 heavy (non-hydrogen) atoms. The number of aliphatic hydroxyl groups is 2. The number of aryl methyl sites for hydroxylation is 1. The Morgan fingerprint density at radius 1 is 1.29 bits per heavy atom. The highest BCUT2D eigenvalue weighted by molar-refractivity contribution is 6.32. The molecule has 0 aliphatic rings. The molecule has 0 spiro atoms. The highest BCUT2D eigenvalue weighted by atomic mass is 35.5. The summed E-state index contributed by atoms with van der Waals surface area (Å²) in [6, 6.07) is 4.99. The van der Waals surface area contributed by atoms with Crippen LogP contribution in [-0.2, 0) is 16.0 Å². The smallest absolute Gasteiger partial charge is 0.306 e. The third-order valence-corrected chi connectivity index (χ3v) is 4.86. The lowest BCUT2D eigenvalue weighted by molar-refractivity contribution is -0.146. The minimum Gasteiger partial charge on any atom is -0.481 e. The highest BCUT2D eigenvalue weighted by Gasteiger charge is 2.25. The number of fused-ring (bicyclic) bond motifs is 1. The van der Waals surface area contributed by atoms with Crippen LogP contribution >= 0.6 is 11.6 Å². The average molecular weight is 451 g/mol. The van der Waals surface area contributed by atoms with Gasteiger partial charge in [-0.1, -0.05) is 16.8 Å². The van der Waals surface area contributed by atoms with Crippen molar-refractivity contribution in [2.75, 3.05) is 19.8 Å². The Bertz CT molecular complexity index is 1030. The van der Waals surface area contributed by atoms with Crippen LogP contribution in [-0.4, -0.2) is 56.7 Å². The number of aromatic nitrogens is 3. The Morgan fingerprint density at radius 3 is 2.68 bits per heavy atom. The first kappa shape index (κ1) is 22.9. The van der Waals surface area contributed by atoms with Gasteiger partial charge in [-0.05, 0) is 19.1 Å². The molecule has 1 aromatic carbocycles. The lowest BCUT2D eigenvalue weighted by atomic mass is 10.1. The Kier molecular flexibility index (Phi) is 7.39. The Labute approximate surface area is 182 Å². The summed E-state index contributed by atoms with van der Waals surface area (Å²) >= 11 is 6.37. The Morgan fingerprint density at radius 2 is 2.00 bits per heavy atom. The highest BCUT2D eigenvalue weighted by Crippen LogP contribution is 2.34. The second-order valence-corrected chi connectivity index (χ2v) is 7.52. The molecular formula is C20H23ClN4O6. The minimum absolute atomic E-state index is 0.00677. The summed E-state index contributed by atoms with van der Waals surface area (Å²) in [7, 11) is 0. The first-order valence-corrected chi connectivity index (χ1v) is 9.90. The number of halogens is 1. The van der Waals surface area contributed by atoms with Crippen LogP contribution in [0.2, 0.25) is 5.02 Å². The molecule has 4 N–H and O–H groups in total. The maximum atomic E-state index is 12.0. The van der Waals surface area contributed by atoms with Crippen molar-refractivity contribution in [2.24, 2.45) is 5.73 Å². The van der Waals surface area contributed by atoms with Gasteiger partial charge in [0.2, 0.25) is 0 Å². The van der Waals surface area contributed by atoms with Crippen LogP contribution in [0.25, 0.3) is 11.0 Å². The molecule has 0 saturated carbocycles. The molecule has 10 nitrogen and oxygen atoms in total. The molecule has 0 amide bonds. The van der Waals surface area contributed by atoms with Crippen molar-refractivity contribution in [3.63, 3.8) is 0 Å². The summed E-state index contributed by atoms with van der Waals surface area (Å²) in [4.78, 5) is 20.3. The molecule has 0 radical (unpaired) electrons. The van der Waals surface area contributed by atoms with Gasteiger partial charge >= 0.3 is 5.97 Å². The predicted molar refractivity (Wildman–Crippen MR) is 110 cm³/mol. The fraction of sp³-hybridized carbons (Fsp3) is 0.400. The number of nitrogens with two attached hydrogens (primary N) is 1. The van der Waals surface area contributed by atoms with Gasteiger partial charge in [-0.3, -0.25) is 4.79 Å². The molecule has 2 heterocycles. The SMILES string of the molecule is CC(Oc1cc2onc(CCC(=O)OCC(N)(CO)CO)c2cc1Cl)c1ncccn1. The molecule has 11 heteroatoms. The number of esters is 1. The van der Waals surface area contributed by atoms with Crippen molar-refractivity contribution in [1.82, 2.24) is 15.1 Å². The molecule has 0 aliphatic heterocycles. The van der Waals surface area contributed by atoms with E-state index < -0.39 is 30.8 Å². The summed E-state index contributed by atoms with van der Waals surface area (Å²) in [5.74, 6) is 0.360. The van der Waals surface area contributed by atoms with Crippen LogP contribution in [0.5, 0.6) is 5.75 Å². The topological polar surface area (TPSA) is 154 Å². The fourth-order valence-electron chi connectivity index (χ4n) is 2.68. The molecule has 3 rings (SSSR count). The van der Waals surface area contributed by atoms with Gasteiger partial charge in [-0.15, -0.1) is 0 Å². The maximum Gasteiger partial charge on any atom is 0.306 e. The predicted octanol–water partition coefficient (Wildman–Crippen LogP) is 1.57. The van der Waals surface area contributed by atoms with Crippen molar-refractivity contribution in [2.45, 2.75) is 31.4 Å². The summed E-state index contributed by atoms with van der Waals surface area (Å²) in [6.45, 7) is 0.483. The number of carbonyl (C=O) groups excluding carboxylic acids is 1. The number of carbonyl (C=O) groups is 1. The van der Waals surface area contributed by atoms with Gasteiger partial charge in [0.1, 0.15) is 12.4 Å². The first-order chi connectivity index (χ1) is 14.8. The number of nitrogens with zero attached hydrogens (tertiary/aromatic N) is 3. The average Bonchev–Trinajstić information content (AvgIpc) is 3.18. The lowest BCUT2D eigenvalue weighted by Gasteiger charge is -2.23. The second kappa shape index (κ2) is 10.0. The van der Waals surface area contributed by atoms with Gasteiger partial charge in [0.05, 0.1) is 35.9 Å². The van der Waals surface area contributed by atoms with E-state index >= 15 is 0 Å². The molecule has 1 unspecified atom stereocenters. The minimum atomic E-state index is -1.37. The van der Waals surface area contributed by atoms with Crippen molar-refractivity contribution in [1.29, 1.82) is 0 Å². The zero-order valence-electron chi connectivity index (χ0n) is 16.8. The molecule has 0 fully saturated rings. The van der Waals surface area contributed by atoms with E-state index in [4.69, 9.17) is 41.5 Å². The van der Waals surface area contributed by atoms with Gasteiger partial charge in [0.15, 0.2) is 17.5 Å². The summed E-state index contributed by atoms with van der Waals surface area (Å²) in [5, 5.41) is 23.3. The second-order valence-electron chi connectivity index (χ2n) is 7.11. The number of ether oxygens (including phenoxy) is 2. The Hall–Kier alpha value is -2.79. The van der Waals surface area contributed by atoms with Gasteiger partial charge in [-0.25, -0.2) is 9.97 Å². The summed E-state index contributed by atoms with van der Waals surface area (Å²) in [6.07, 6.45) is 3.07. The number of rotatable bonds is 10. The Balaban J connectivity index is 1.65. The lowest BCUT2D eigenvalue weighted by Crippen LogP contribution is -2.51. The van der Waals surface area contributed by atoms with Crippen molar-refractivity contribution < 1.29 is 29.0 Å². The van der Waals surface area contributed by atoms with E-state index in [1.54, 1.807) is 37.5 Å². The largest absolute Gasteiger partial charge is 0.481 e. The monoisotopic (exact) mass is 450 g/mol. The van der Waals surface area contributed by atoms with Crippen LogP contribution in [0.15, 0.2) is 35.1 Å². The van der Waals surface area contributed by atoms with Crippen molar-refractivity contribution >= 4 is 28.5 Å². The third-order valence-electron chi connectivity index (χ3n) is 4.57. The van der Waals surface area contributed by atoms with Crippen LogP contribution in [0.3, 0.4) is 0 Å². The number of hydrogen-bond donors (Lipinski definition) is 3. The summed E-state index contributed by atoms with van der Waals surface area (Å²) < 4.78 is 16.2. The van der Waals surface area contributed by atoms with Crippen molar-refractivity contribution in [3.8, 4) is 5.75 Å². The molecule has 0 aliphatic carbocycles.